The maximum absolute atomic E-state index is 5.82. The summed E-state index contributed by atoms with van der Waals surface area (Å²) in [4.78, 5) is 0. The van der Waals surface area contributed by atoms with Gasteiger partial charge in [0.25, 0.3) is 0 Å². The summed E-state index contributed by atoms with van der Waals surface area (Å²) < 4.78 is 11.1. The Hall–Kier alpha value is -0.870. The van der Waals surface area contributed by atoms with Crippen LogP contribution in [-0.2, 0) is 0 Å². The first-order valence-corrected chi connectivity index (χ1v) is 7.03. The average Bonchev–Trinajstić information content (AvgIpc) is 2.38. The van der Waals surface area contributed by atoms with Crippen LogP contribution >= 0.6 is 11.8 Å². The highest BCUT2D eigenvalue weighted by atomic mass is 32.2. The zero-order chi connectivity index (χ0) is 12.1. The third-order valence-electron chi connectivity index (χ3n) is 2.76. The van der Waals surface area contributed by atoms with Gasteiger partial charge < -0.3 is 14.8 Å². The van der Waals surface area contributed by atoms with Gasteiger partial charge in [0.2, 0.25) is 0 Å². The van der Waals surface area contributed by atoms with E-state index in [-0.39, 0.29) is 0 Å². The van der Waals surface area contributed by atoms with Crippen molar-refractivity contribution in [3.05, 3.63) is 23.8 Å². The first kappa shape index (κ1) is 12.6. The lowest BCUT2D eigenvalue weighted by atomic mass is 10.2. The maximum atomic E-state index is 5.82. The molecule has 0 aliphatic carbocycles. The molecule has 1 aliphatic heterocycles. The quantitative estimate of drug-likeness (QED) is 0.890. The highest BCUT2D eigenvalue weighted by Gasteiger charge is 2.14. The first-order chi connectivity index (χ1) is 8.29. The third kappa shape index (κ3) is 3.54. The zero-order valence-corrected chi connectivity index (χ0v) is 11.2. The van der Waals surface area contributed by atoms with Gasteiger partial charge in [-0.1, -0.05) is 6.07 Å². The molecule has 0 radical (unpaired) electrons. The summed E-state index contributed by atoms with van der Waals surface area (Å²) in [5, 5.41) is 3.45. The largest absolute Gasteiger partial charge is 0.493 e. The summed E-state index contributed by atoms with van der Waals surface area (Å²) in [5.41, 5.74) is 1.18. The van der Waals surface area contributed by atoms with Crippen LogP contribution in [0.3, 0.4) is 0 Å². The van der Waals surface area contributed by atoms with Gasteiger partial charge in [-0.25, -0.2) is 0 Å². The van der Waals surface area contributed by atoms with Gasteiger partial charge in [-0.3, -0.25) is 0 Å². The van der Waals surface area contributed by atoms with Gasteiger partial charge in [0.05, 0.1) is 13.2 Å². The van der Waals surface area contributed by atoms with Gasteiger partial charge in [-0.05, 0) is 24.6 Å². The van der Waals surface area contributed by atoms with E-state index in [1.165, 1.54) is 11.3 Å². The van der Waals surface area contributed by atoms with Crippen LogP contribution in [0.2, 0.25) is 0 Å². The van der Waals surface area contributed by atoms with Crippen LogP contribution in [0, 0.1) is 6.92 Å². The molecule has 0 saturated carbocycles. The highest BCUT2D eigenvalue weighted by Crippen LogP contribution is 2.28. The maximum Gasteiger partial charge on any atom is 0.161 e. The fourth-order valence-electron chi connectivity index (χ4n) is 1.81. The number of rotatable bonds is 4. The molecule has 1 aromatic carbocycles. The number of aryl methyl sites for hydroxylation is 1. The Kier molecular flexibility index (Phi) is 4.57. The Labute approximate surface area is 107 Å². The van der Waals surface area contributed by atoms with E-state index in [1.807, 2.05) is 36.9 Å². The van der Waals surface area contributed by atoms with Crippen molar-refractivity contribution in [2.45, 2.75) is 13.0 Å². The van der Waals surface area contributed by atoms with Gasteiger partial charge in [-0.15, -0.1) is 0 Å². The fraction of sp³-hybridized carbons (Fsp3) is 0.538. The summed E-state index contributed by atoms with van der Waals surface area (Å²) in [6.45, 7) is 3.82. The Morgan fingerprint density at radius 3 is 3.00 bits per heavy atom. The number of benzene rings is 1. The second kappa shape index (κ2) is 6.17. The van der Waals surface area contributed by atoms with Gasteiger partial charge in [0.1, 0.15) is 6.61 Å². The predicted octanol–water partition coefficient (Wildman–Crippen LogP) is 2.09. The average molecular weight is 253 g/mol. The predicted molar refractivity (Wildman–Crippen MR) is 72.3 cm³/mol. The molecule has 1 saturated heterocycles. The molecule has 0 amide bonds. The number of hydrogen-bond acceptors (Lipinski definition) is 4. The molecule has 1 N–H and O–H groups in total. The first-order valence-electron chi connectivity index (χ1n) is 5.88. The van der Waals surface area contributed by atoms with Crippen LogP contribution in [0.15, 0.2) is 18.2 Å². The van der Waals surface area contributed by atoms with Crippen LogP contribution in [0.25, 0.3) is 0 Å². The highest BCUT2D eigenvalue weighted by molar-refractivity contribution is 7.99. The normalized spacial score (nSPS) is 20.0. The van der Waals surface area contributed by atoms with E-state index < -0.39 is 0 Å². The molecule has 0 spiro atoms. The summed E-state index contributed by atoms with van der Waals surface area (Å²) in [5.74, 6) is 3.96. The second-order valence-corrected chi connectivity index (χ2v) is 5.34. The Balaban J connectivity index is 1.93. The Morgan fingerprint density at radius 1 is 1.41 bits per heavy atom. The molecule has 1 heterocycles. The molecule has 3 nitrogen and oxygen atoms in total. The number of nitrogens with one attached hydrogen (secondary N) is 1. The van der Waals surface area contributed by atoms with Crippen molar-refractivity contribution in [1.82, 2.24) is 5.32 Å². The number of methoxy groups -OCH3 is 1. The van der Waals surface area contributed by atoms with E-state index in [2.05, 4.69) is 5.32 Å². The van der Waals surface area contributed by atoms with Crippen molar-refractivity contribution < 1.29 is 9.47 Å². The van der Waals surface area contributed by atoms with E-state index in [9.17, 15) is 0 Å². The SMILES string of the molecule is COc1cc(C)ccc1OCC1CSCCN1. The lowest BCUT2D eigenvalue weighted by Gasteiger charge is -2.23. The lowest BCUT2D eigenvalue weighted by Crippen LogP contribution is -2.41. The van der Waals surface area contributed by atoms with E-state index >= 15 is 0 Å². The minimum atomic E-state index is 0.444. The molecule has 17 heavy (non-hydrogen) atoms. The van der Waals surface area contributed by atoms with Crippen molar-refractivity contribution in [1.29, 1.82) is 0 Å². The molecular weight excluding hydrogens is 234 g/mol. The van der Waals surface area contributed by atoms with Gasteiger partial charge >= 0.3 is 0 Å². The summed E-state index contributed by atoms with van der Waals surface area (Å²) in [6, 6.07) is 6.46. The van der Waals surface area contributed by atoms with Crippen LogP contribution < -0.4 is 14.8 Å². The van der Waals surface area contributed by atoms with Crippen molar-refractivity contribution in [2.75, 3.05) is 31.8 Å². The van der Waals surface area contributed by atoms with Crippen LogP contribution in [-0.4, -0.2) is 37.8 Å². The van der Waals surface area contributed by atoms with Crippen molar-refractivity contribution in [3.8, 4) is 11.5 Å². The van der Waals surface area contributed by atoms with E-state index in [1.54, 1.807) is 7.11 Å². The molecule has 4 heteroatoms. The summed E-state index contributed by atoms with van der Waals surface area (Å²) >= 11 is 1.98. The van der Waals surface area contributed by atoms with Gasteiger partial charge in [-0.2, -0.15) is 11.8 Å². The van der Waals surface area contributed by atoms with Crippen LogP contribution in [0.4, 0.5) is 0 Å². The van der Waals surface area contributed by atoms with E-state index in [0.29, 0.717) is 12.6 Å². The topological polar surface area (TPSA) is 30.5 Å². The van der Waals surface area contributed by atoms with E-state index in [0.717, 1.165) is 23.8 Å². The smallest absolute Gasteiger partial charge is 0.161 e. The van der Waals surface area contributed by atoms with Crippen molar-refractivity contribution in [2.24, 2.45) is 0 Å². The minimum Gasteiger partial charge on any atom is -0.493 e. The molecule has 0 bridgehead atoms. The van der Waals surface area contributed by atoms with Gasteiger partial charge in [0, 0.05) is 18.1 Å². The molecule has 1 unspecified atom stereocenters. The number of hydrogen-bond donors (Lipinski definition) is 1. The number of thioether (sulfide) groups is 1. The Morgan fingerprint density at radius 2 is 2.29 bits per heavy atom. The van der Waals surface area contributed by atoms with Gasteiger partial charge in [0.15, 0.2) is 11.5 Å². The molecule has 1 fully saturated rings. The zero-order valence-electron chi connectivity index (χ0n) is 10.4. The molecule has 1 aromatic rings. The lowest BCUT2D eigenvalue weighted by molar-refractivity contribution is 0.261. The summed E-state index contributed by atoms with van der Waals surface area (Å²) in [7, 11) is 1.68. The molecular formula is C13H19NO2S. The molecule has 1 aliphatic rings. The number of ether oxygens (including phenoxy) is 2. The van der Waals surface area contributed by atoms with Crippen molar-refractivity contribution in [3.63, 3.8) is 0 Å². The molecule has 1 atom stereocenters. The third-order valence-corrected chi connectivity index (χ3v) is 3.89. The van der Waals surface area contributed by atoms with Crippen LogP contribution in [0.1, 0.15) is 5.56 Å². The fourth-order valence-corrected chi connectivity index (χ4v) is 2.74. The van der Waals surface area contributed by atoms with E-state index in [4.69, 9.17) is 9.47 Å². The monoisotopic (exact) mass is 253 g/mol. The molecule has 2 rings (SSSR count). The second-order valence-electron chi connectivity index (χ2n) is 4.19. The summed E-state index contributed by atoms with van der Waals surface area (Å²) in [6.07, 6.45) is 0. The molecule has 0 aromatic heterocycles. The van der Waals surface area contributed by atoms with Crippen molar-refractivity contribution >= 4 is 11.8 Å². The Bertz CT molecular complexity index is 364. The minimum absolute atomic E-state index is 0.444. The van der Waals surface area contributed by atoms with Crippen LogP contribution in [0.5, 0.6) is 11.5 Å². The molecule has 94 valence electrons. The standard InChI is InChI=1S/C13H19NO2S/c1-10-3-4-12(13(7-10)15-2)16-8-11-9-17-6-5-14-11/h3-4,7,11,14H,5-6,8-9H2,1-2H3.